The van der Waals surface area contributed by atoms with Gasteiger partial charge in [0.15, 0.2) is 5.76 Å². The Morgan fingerprint density at radius 2 is 2.08 bits per heavy atom. The molecule has 0 bridgehead atoms. The minimum atomic E-state index is -0.207. The molecule has 0 aliphatic carbocycles. The van der Waals surface area contributed by atoms with Gasteiger partial charge in [0, 0.05) is 26.3 Å². The number of nitrogens with zero attached hydrogens (tertiary/aromatic N) is 3. The minimum Gasteiger partial charge on any atom is -0.426 e. The van der Waals surface area contributed by atoms with Crippen molar-refractivity contribution < 1.29 is 18.7 Å². The van der Waals surface area contributed by atoms with E-state index in [-0.39, 0.29) is 29.6 Å². The molecule has 4 rings (SSSR count). The number of carbonyl (C=O) groups is 1. The molecule has 134 valence electrons. The number of rotatable bonds is 5. The third kappa shape index (κ3) is 3.18. The summed E-state index contributed by atoms with van der Waals surface area (Å²) in [6, 6.07) is 12.5. The Bertz CT molecular complexity index is 862. The Hall–Kier alpha value is -3.13. The van der Waals surface area contributed by atoms with Crippen molar-refractivity contribution in [3.05, 3.63) is 60.1 Å². The average Bonchev–Trinajstić information content (AvgIpc) is 3.41. The molecule has 26 heavy (non-hydrogen) atoms. The van der Waals surface area contributed by atoms with Crippen LogP contribution in [0.15, 0.2) is 53.1 Å². The summed E-state index contributed by atoms with van der Waals surface area (Å²) in [5, 5.41) is 10.6. The van der Waals surface area contributed by atoms with Gasteiger partial charge in [0.05, 0.1) is 23.9 Å². The first-order valence-electron chi connectivity index (χ1n) is 8.25. The Balaban J connectivity index is 1.46. The number of aromatic amines is 1. The van der Waals surface area contributed by atoms with Crippen LogP contribution in [0.2, 0.25) is 0 Å². The molecule has 0 radical (unpaired) electrons. The van der Waals surface area contributed by atoms with Crippen molar-refractivity contribution >= 4 is 5.91 Å². The monoisotopic (exact) mass is 354 g/mol. The summed E-state index contributed by atoms with van der Waals surface area (Å²) in [7, 11) is 1.63. The van der Waals surface area contributed by atoms with E-state index in [0.717, 1.165) is 5.69 Å². The highest BCUT2D eigenvalue weighted by Gasteiger charge is 2.38. The number of likely N-dealkylation sites (tertiary alicyclic amines) is 1. The second-order valence-corrected chi connectivity index (χ2v) is 6.02. The molecule has 1 aliphatic rings. The van der Waals surface area contributed by atoms with Crippen molar-refractivity contribution in [1.82, 2.24) is 20.3 Å². The molecule has 1 saturated heterocycles. The van der Waals surface area contributed by atoms with E-state index in [0.29, 0.717) is 18.8 Å². The van der Waals surface area contributed by atoms with Crippen molar-refractivity contribution in [2.24, 2.45) is 0 Å². The molecule has 0 saturated carbocycles. The third-order valence-electron chi connectivity index (χ3n) is 4.42. The molecule has 3 heterocycles. The standard InChI is InChI=1S/C18H18N4O4/c1-24-16-11-22(10-13(16)14-9-19-21-20-14)18(23)15-7-8-17(26-15)25-12-5-3-2-4-6-12/h2-9,13,16H,10-11H2,1H3,(H,19,20,21)/t13-,16+/m0/s1. The van der Waals surface area contributed by atoms with Gasteiger partial charge < -0.3 is 18.8 Å². The van der Waals surface area contributed by atoms with E-state index in [2.05, 4.69) is 15.4 Å². The highest BCUT2D eigenvalue weighted by Crippen LogP contribution is 2.30. The zero-order chi connectivity index (χ0) is 17.9. The number of nitrogens with one attached hydrogen (secondary N) is 1. The highest BCUT2D eigenvalue weighted by molar-refractivity contribution is 5.92. The van der Waals surface area contributed by atoms with Crippen LogP contribution in [0.1, 0.15) is 22.2 Å². The van der Waals surface area contributed by atoms with Crippen LogP contribution in [0.25, 0.3) is 0 Å². The van der Waals surface area contributed by atoms with Crippen molar-refractivity contribution in [2.75, 3.05) is 20.2 Å². The van der Waals surface area contributed by atoms with Crippen LogP contribution >= 0.6 is 0 Å². The lowest BCUT2D eigenvalue weighted by Crippen LogP contribution is -2.29. The quantitative estimate of drug-likeness (QED) is 0.756. The lowest BCUT2D eigenvalue weighted by Gasteiger charge is -2.13. The van der Waals surface area contributed by atoms with Crippen LogP contribution in [-0.4, -0.2) is 52.5 Å². The van der Waals surface area contributed by atoms with Crippen LogP contribution in [0, 0.1) is 0 Å². The van der Waals surface area contributed by atoms with Crippen molar-refractivity contribution in [2.45, 2.75) is 12.0 Å². The second-order valence-electron chi connectivity index (χ2n) is 6.02. The van der Waals surface area contributed by atoms with E-state index in [9.17, 15) is 4.79 Å². The maximum absolute atomic E-state index is 12.8. The number of carbonyl (C=O) groups excluding carboxylic acids is 1. The van der Waals surface area contributed by atoms with E-state index in [4.69, 9.17) is 13.9 Å². The Morgan fingerprint density at radius 1 is 1.23 bits per heavy atom. The first-order valence-corrected chi connectivity index (χ1v) is 8.25. The Labute approximate surface area is 149 Å². The molecule has 8 nitrogen and oxygen atoms in total. The lowest BCUT2D eigenvalue weighted by molar-refractivity contribution is 0.0683. The fourth-order valence-corrected chi connectivity index (χ4v) is 3.10. The molecule has 1 fully saturated rings. The van der Waals surface area contributed by atoms with Gasteiger partial charge in [-0.1, -0.05) is 18.2 Å². The number of hydrogen-bond acceptors (Lipinski definition) is 6. The highest BCUT2D eigenvalue weighted by atomic mass is 16.6. The second kappa shape index (κ2) is 7.01. The molecule has 8 heteroatoms. The van der Waals surface area contributed by atoms with Gasteiger partial charge in [-0.05, 0) is 18.2 Å². The summed E-state index contributed by atoms with van der Waals surface area (Å²) >= 11 is 0. The predicted molar refractivity (Wildman–Crippen MR) is 91.0 cm³/mol. The maximum atomic E-state index is 12.8. The van der Waals surface area contributed by atoms with E-state index >= 15 is 0 Å². The number of ether oxygens (including phenoxy) is 2. The molecule has 1 aromatic carbocycles. The largest absolute Gasteiger partial charge is 0.426 e. The van der Waals surface area contributed by atoms with E-state index in [1.807, 2.05) is 30.3 Å². The number of methoxy groups -OCH3 is 1. The zero-order valence-corrected chi connectivity index (χ0v) is 14.2. The molecule has 1 amide bonds. The lowest BCUT2D eigenvalue weighted by atomic mass is 10.0. The van der Waals surface area contributed by atoms with Crippen LogP contribution in [0.5, 0.6) is 11.7 Å². The van der Waals surface area contributed by atoms with Gasteiger partial charge in [-0.3, -0.25) is 4.79 Å². The normalized spacial score (nSPS) is 19.7. The Kier molecular flexibility index (Phi) is 4.40. The molecular formula is C18H18N4O4. The number of furan rings is 1. The summed E-state index contributed by atoms with van der Waals surface area (Å²) in [6.07, 6.45) is 1.52. The zero-order valence-electron chi connectivity index (χ0n) is 14.2. The minimum absolute atomic E-state index is 0.0299. The van der Waals surface area contributed by atoms with Crippen LogP contribution in [0.4, 0.5) is 0 Å². The average molecular weight is 354 g/mol. The fraction of sp³-hybridized carbons (Fsp3) is 0.278. The molecule has 1 N–H and O–H groups in total. The van der Waals surface area contributed by atoms with Crippen LogP contribution < -0.4 is 4.74 Å². The molecular weight excluding hydrogens is 336 g/mol. The molecule has 0 spiro atoms. The van der Waals surface area contributed by atoms with E-state index < -0.39 is 0 Å². The van der Waals surface area contributed by atoms with Gasteiger partial charge in [0.2, 0.25) is 0 Å². The number of amides is 1. The molecule has 2 aromatic heterocycles. The van der Waals surface area contributed by atoms with Crippen molar-refractivity contribution in [3.8, 4) is 11.7 Å². The van der Waals surface area contributed by atoms with Crippen LogP contribution in [-0.2, 0) is 4.74 Å². The number of benzene rings is 1. The number of aromatic nitrogens is 3. The number of para-hydroxylation sites is 1. The first kappa shape index (κ1) is 16.3. The van der Waals surface area contributed by atoms with Crippen molar-refractivity contribution in [1.29, 1.82) is 0 Å². The Morgan fingerprint density at radius 3 is 2.81 bits per heavy atom. The fourth-order valence-electron chi connectivity index (χ4n) is 3.10. The predicted octanol–water partition coefficient (Wildman–Crippen LogP) is 2.44. The molecule has 0 unspecified atom stereocenters. The van der Waals surface area contributed by atoms with Crippen LogP contribution in [0.3, 0.4) is 0 Å². The molecule has 2 atom stereocenters. The smallest absolute Gasteiger partial charge is 0.290 e. The van der Waals surface area contributed by atoms with E-state index in [1.165, 1.54) is 0 Å². The molecule has 3 aromatic rings. The summed E-state index contributed by atoms with van der Waals surface area (Å²) < 4.78 is 16.7. The van der Waals surface area contributed by atoms with Gasteiger partial charge in [0.1, 0.15) is 5.75 Å². The topological polar surface area (TPSA) is 93.5 Å². The van der Waals surface area contributed by atoms with Crippen molar-refractivity contribution in [3.63, 3.8) is 0 Å². The summed E-state index contributed by atoms with van der Waals surface area (Å²) in [5.41, 5.74) is 0.777. The van der Waals surface area contributed by atoms with Gasteiger partial charge in [-0.2, -0.15) is 15.4 Å². The molecule has 1 aliphatic heterocycles. The van der Waals surface area contributed by atoms with Gasteiger partial charge in [0.25, 0.3) is 11.9 Å². The van der Waals surface area contributed by atoms with Gasteiger partial charge in [-0.15, -0.1) is 0 Å². The van der Waals surface area contributed by atoms with E-state index in [1.54, 1.807) is 30.3 Å². The van der Waals surface area contributed by atoms with Gasteiger partial charge in [-0.25, -0.2) is 0 Å². The summed E-state index contributed by atoms with van der Waals surface area (Å²) in [5.74, 6) is 0.910. The van der Waals surface area contributed by atoms with Gasteiger partial charge >= 0.3 is 0 Å². The number of hydrogen-bond donors (Lipinski definition) is 1. The maximum Gasteiger partial charge on any atom is 0.290 e. The first-order chi connectivity index (χ1) is 12.7. The SMILES string of the molecule is CO[C@@H]1CN(C(=O)c2ccc(Oc3ccccc3)o2)C[C@H]1c1cn[nH]n1. The third-order valence-corrected chi connectivity index (χ3v) is 4.42. The summed E-state index contributed by atoms with van der Waals surface area (Å²) in [4.78, 5) is 14.5. The summed E-state index contributed by atoms with van der Waals surface area (Å²) in [6.45, 7) is 0.946. The number of H-pyrrole nitrogens is 1.